The van der Waals surface area contributed by atoms with Gasteiger partial charge in [0.15, 0.2) is 6.29 Å². The van der Waals surface area contributed by atoms with Gasteiger partial charge in [-0.05, 0) is 37.6 Å². The summed E-state index contributed by atoms with van der Waals surface area (Å²) in [5.74, 6) is 0.0114. The van der Waals surface area contributed by atoms with E-state index in [0.29, 0.717) is 5.56 Å². The third-order valence-electron chi connectivity index (χ3n) is 1.68. The molecule has 1 aromatic rings. The quantitative estimate of drug-likeness (QED) is 0.776. The monoisotopic (exact) mass is 220 g/mol. The Hall–Kier alpha value is -1.23. The minimum absolute atomic E-state index is 0.0114. The van der Waals surface area contributed by atoms with Gasteiger partial charge in [-0.25, -0.2) is 0 Å². The van der Waals surface area contributed by atoms with Crippen molar-refractivity contribution in [3.63, 3.8) is 0 Å². The lowest BCUT2D eigenvalue weighted by Crippen LogP contribution is -2.11. The molecule has 0 aliphatic rings. The van der Waals surface area contributed by atoms with Gasteiger partial charge in [0.25, 0.3) is 0 Å². The molecule has 0 heterocycles. The Morgan fingerprint density at radius 1 is 1.27 bits per heavy atom. The van der Waals surface area contributed by atoms with Crippen LogP contribution in [0.15, 0.2) is 18.2 Å². The van der Waals surface area contributed by atoms with E-state index in [-0.39, 0.29) is 5.75 Å². The molecule has 15 heavy (non-hydrogen) atoms. The Balaban J connectivity index is 3.06. The van der Waals surface area contributed by atoms with E-state index in [4.69, 9.17) is 9.84 Å². The lowest BCUT2D eigenvalue weighted by Gasteiger charge is -2.13. The van der Waals surface area contributed by atoms with Crippen LogP contribution >= 0.6 is 0 Å². The number of aryl methyl sites for hydroxylation is 1. The molecule has 84 valence electrons. The average Bonchev–Trinajstić information content (AvgIpc) is 1.99. The van der Waals surface area contributed by atoms with Gasteiger partial charge in [0, 0.05) is 0 Å². The molecule has 5 heteroatoms. The van der Waals surface area contributed by atoms with Crippen LogP contribution in [-0.2, 0) is 6.18 Å². The van der Waals surface area contributed by atoms with Crippen molar-refractivity contribution >= 4 is 0 Å². The number of rotatable bonds is 2. The Labute approximate surface area is 85.3 Å². The largest absolute Gasteiger partial charge is 0.465 e. The summed E-state index contributed by atoms with van der Waals surface area (Å²) in [7, 11) is 0. The Morgan fingerprint density at radius 2 is 1.87 bits per heavy atom. The summed E-state index contributed by atoms with van der Waals surface area (Å²) in [5.41, 5.74) is -0.348. The molecule has 0 spiro atoms. The van der Waals surface area contributed by atoms with Gasteiger partial charge >= 0.3 is 6.18 Å². The number of halogens is 3. The highest BCUT2D eigenvalue weighted by Crippen LogP contribution is 2.32. The number of hydrogen-bond acceptors (Lipinski definition) is 2. The van der Waals surface area contributed by atoms with E-state index in [0.717, 1.165) is 12.1 Å². The lowest BCUT2D eigenvalue weighted by molar-refractivity contribution is -0.137. The van der Waals surface area contributed by atoms with Crippen LogP contribution in [0.25, 0.3) is 0 Å². The van der Waals surface area contributed by atoms with Gasteiger partial charge < -0.3 is 9.84 Å². The molecule has 0 aliphatic heterocycles. The second kappa shape index (κ2) is 4.10. The van der Waals surface area contributed by atoms with Gasteiger partial charge in [0.05, 0.1) is 5.56 Å². The van der Waals surface area contributed by atoms with Gasteiger partial charge in [0.1, 0.15) is 5.75 Å². The van der Waals surface area contributed by atoms with Gasteiger partial charge in [-0.15, -0.1) is 0 Å². The minimum Gasteiger partial charge on any atom is -0.465 e. The summed E-state index contributed by atoms with van der Waals surface area (Å²) < 4.78 is 41.9. The van der Waals surface area contributed by atoms with Crippen molar-refractivity contribution in [3.8, 4) is 5.75 Å². The zero-order chi connectivity index (χ0) is 11.6. The summed E-state index contributed by atoms with van der Waals surface area (Å²) in [6, 6.07) is 3.32. The molecule has 0 saturated carbocycles. The maximum atomic E-state index is 12.4. The van der Waals surface area contributed by atoms with E-state index in [2.05, 4.69) is 0 Å². The topological polar surface area (TPSA) is 29.5 Å². The maximum absolute atomic E-state index is 12.4. The molecule has 0 radical (unpaired) electrons. The van der Waals surface area contributed by atoms with E-state index < -0.39 is 18.0 Å². The van der Waals surface area contributed by atoms with E-state index in [1.807, 2.05) is 0 Å². The van der Waals surface area contributed by atoms with Gasteiger partial charge in [-0.2, -0.15) is 13.2 Å². The summed E-state index contributed by atoms with van der Waals surface area (Å²) in [5, 5.41) is 8.89. The third kappa shape index (κ3) is 3.43. The molecule has 1 atom stereocenters. The molecular weight excluding hydrogens is 209 g/mol. The average molecular weight is 220 g/mol. The summed E-state index contributed by atoms with van der Waals surface area (Å²) >= 11 is 0. The van der Waals surface area contributed by atoms with Crippen molar-refractivity contribution in [3.05, 3.63) is 29.3 Å². The Morgan fingerprint density at radius 3 is 2.33 bits per heavy atom. The zero-order valence-electron chi connectivity index (χ0n) is 8.30. The van der Waals surface area contributed by atoms with Crippen molar-refractivity contribution in [2.75, 3.05) is 0 Å². The molecule has 1 aromatic carbocycles. The molecular formula is C10H11F3O2. The highest BCUT2D eigenvalue weighted by molar-refractivity contribution is 5.35. The SMILES string of the molecule is Cc1cc(OC(C)O)cc(C(F)(F)F)c1. The van der Waals surface area contributed by atoms with Crippen molar-refractivity contribution in [1.82, 2.24) is 0 Å². The van der Waals surface area contributed by atoms with Crippen molar-refractivity contribution < 1.29 is 23.0 Å². The zero-order valence-corrected chi connectivity index (χ0v) is 8.30. The van der Waals surface area contributed by atoms with Crippen LogP contribution in [0.2, 0.25) is 0 Å². The predicted octanol–water partition coefficient (Wildman–Crippen LogP) is 2.73. The molecule has 0 amide bonds. The van der Waals surface area contributed by atoms with Crippen LogP contribution in [0.3, 0.4) is 0 Å². The molecule has 0 bridgehead atoms. The van der Waals surface area contributed by atoms with E-state index in [1.165, 1.54) is 19.9 Å². The minimum atomic E-state index is -4.40. The van der Waals surface area contributed by atoms with Crippen molar-refractivity contribution in [2.45, 2.75) is 26.3 Å². The van der Waals surface area contributed by atoms with Gasteiger partial charge in [-0.1, -0.05) is 0 Å². The van der Waals surface area contributed by atoms with Gasteiger partial charge in [-0.3, -0.25) is 0 Å². The van der Waals surface area contributed by atoms with E-state index in [9.17, 15) is 13.2 Å². The molecule has 1 rings (SSSR count). The van der Waals surface area contributed by atoms with Crippen LogP contribution in [0, 0.1) is 6.92 Å². The first-order valence-corrected chi connectivity index (χ1v) is 4.32. The summed E-state index contributed by atoms with van der Waals surface area (Å²) in [6.07, 6.45) is -5.53. The van der Waals surface area contributed by atoms with Gasteiger partial charge in [0.2, 0.25) is 0 Å². The third-order valence-corrected chi connectivity index (χ3v) is 1.68. The Kier molecular flexibility index (Phi) is 3.24. The van der Waals surface area contributed by atoms with Crippen LogP contribution in [0.4, 0.5) is 13.2 Å². The standard InChI is InChI=1S/C10H11F3O2/c1-6-3-8(10(11,12)13)5-9(4-6)15-7(2)14/h3-5,7,14H,1-2H3. The number of alkyl halides is 3. The van der Waals surface area contributed by atoms with E-state index in [1.54, 1.807) is 0 Å². The lowest BCUT2D eigenvalue weighted by atomic mass is 10.1. The van der Waals surface area contributed by atoms with Crippen molar-refractivity contribution in [1.29, 1.82) is 0 Å². The fourth-order valence-electron chi connectivity index (χ4n) is 1.18. The number of hydrogen-bond donors (Lipinski definition) is 1. The summed E-state index contributed by atoms with van der Waals surface area (Å²) in [4.78, 5) is 0. The number of benzene rings is 1. The number of ether oxygens (including phenoxy) is 1. The molecule has 0 saturated heterocycles. The molecule has 0 fully saturated rings. The second-order valence-electron chi connectivity index (χ2n) is 3.25. The predicted molar refractivity (Wildman–Crippen MR) is 48.5 cm³/mol. The molecule has 0 aliphatic carbocycles. The van der Waals surface area contributed by atoms with Crippen molar-refractivity contribution in [2.24, 2.45) is 0 Å². The van der Waals surface area contributed by atoms with Crippen LogP contribution in [0.1, 0.15) is 18.1 Å². The molecule has 1 N–H and O–H groups in total. The summed E-state index contributed by atoms with van der Waals surface area (Å²) in [6.45, 7) is 2.86. The Bertz CT molecular complexity index is 345. The van der Waals surface area contributed by atoms with Crippen LogP contribution < -0.4 is 4.74 Å². The normalized spacial score (nSPS) is 13.7. The second-order valence-corrected chi connectivity index (χ2v) is 3.25. The highest BCUT2D eigenvalue weighted by Gasteiger charge is 2.31. The fraction of sp³-hybridized carbons (Fsp3) is 0.400. The maximum Gasteiger partial charge on any atom is 0.416 e. The highest BCUT2D eigenvalue weighted by atomic mass is 19.4. The molecule has 2 nitrogen and oxygen atoms in total. The van der Waals surface area contributed by atoms with Crippen LogP contribution in [-0.4, -0.2) is 11.4 Å². The number of aliphatic hydroxyl groups is 1. The molecule has 0 aromatic heterocycles. The fourth-order valence-corrected chi connectivity index (χ4v) is 1.18. The molecule has 1 unspecified atom stereocenters. The van der Waals surface area contributed by atoms with E-state index >= 15 is 0 Å². The van der Waals surface area contributed by atoms with Crippen LogP contribution in [0.5, 0.6) is 5.75 Å². The smallest absolute Gasteiger partial charge is 0.416 e. The first-order valence-electron chi connectivity index (χ1n) is 4.32. The first kappa shape index (κ1) is 11.8. The first-order chi connectivity index (χ1) is 6.79. The number of aliphatic hydroxyl groups excluding tert-OH is 1.